The van der Waals surface area contributed by atoms with Crippen LogP contribution in [0.5, 0.6) is 11.5 Å². The smallest absolute Gasteiger partial charge is 0.174 e. The van der Waals surface area contributed by atoms with Crippen LogP contribution >= 0.6 is 68.9 Å². The molecule has 0 radical (unpaired) electrons. The maximum absolute atomic E-state index is 9.69. The van der Waals surface area contributed by atoms with E-state index >= 15 is 0 Å². The average molecular weight is 625 g/mol. The van der Waals surface area contributed by atoms with Crippen LogP contribution in [-0.4, -0.2) is 12.1 Å². The summed E-state index contributed by atoms with van der Waals surface area (Å²) in [6, 6.07) is 19.3. The van der Waals surface area contributed by atoms with Crippen LogP contribution in [-0.2, 0) is 6.61 Å². The molecule has 166 valence electrons. The Balaban J connectivity index is 1.56. The van der Waals surface area contributed by atoms with Gasteiger partial charge in [0.2, 0.25) is 0 Å². The minimum absolute atomic E-state index is 0.272. The van der Waals surface area contributed by atoms with E-state index in [0.717, 1.165) is 29.3 Å². The third-order valence-electron chi connectivity index (χ3n) is 4.52. The van der Waals surface area contributed by atoms with Gasteiger partial charge in [-0.05, 0) is 82.4 Å². The molecule has 0 bridgehead atoms. The molecule has 1 aromatic heterocycles. The first-order valence-electron chi connectivity index (χ1n) is 9.56. The van der Waals surface area contributed by atoms with Crippen molar-refractivity contribution in [2.45, 2.75) is 10.9 Å². The summed E-state index contributed by atoms with van der Waals surface area (Å²) < 4.78 is 14.4. The first-order chi connectivity index (χ1) is 16.0. The molecule has 0 atom stereocenters. The third-order valence-corrected chi connectivity index (χ3v) is 7.93. The fourth-order valence-electron chi connectivity index (χ4n) is 2.98. The Bertz CT molecular complexity index is 1370. The molecule has 0 saturated carbocycles. The van der Waals surface area contributed by atoms with Gasteiger partial charge in [0.15, 0.2) is 15.8 Å². The molecule has 3 aromatic carbocycles. The number of allylic oxidation sites excluding steroid dienone is 1. The summed E-state index contributed by atoms with van der Waals surface area (Å²) in [5.41, 5.74) is 2.58. The Morgan fingerprint density at radius 2 is 2.03 bits per heavy atom. The predicted octanol–water partition coefficient (Wildman–Crippen LogP) is 8.45. The summed E-state index contributed by atoms with van der Waals surface area (Å²) in [5.74, 6) is 1.18. The lowest BCUT2D eigenvalue weighted by Gasteiger charge is -2.14. The molecule has 4 nitrogen and oxygen atoms in total. The Morgan fingerprint density at radius 3 is 2.76 bits per heavy atom. The molecule has 0 unspecified atom stereocenters. The molecule has 0 fully saturated rings. The second kappa shape index (κ2) is 11.0. The van der Waals surface area contributed by atoms with E-state index in [1.165, 1.54) is 11.8 Å². The largest absolute Gasteiger partial charge is 0.493 e. The Hall–Kier alpha value is -1.96. The van der Waals surface area contributed by atoms with E-state index in [1.54, 1.807) is 30.6 Å². The molecule has 0 aliphatic heterocycles. The number of hydrogen-bond acceptors (Lipinski definition) is 6. The molecule has 0 aliphatic carbocycles. The standard InChI is InChI=1S/C24H15Cl2IN2O2S2/c1-30-21-10-14(8-17(12-28)32-24-29-20-4-2-3-5-22(20)33-24)9-19(27)23(21)31-13-15-6-7-16(25)11-18(15)26/h2-11H,13H2,1H3/b17-8+. The second-order valence-corrected chi connectivity index (χ2v) is 11.1. The number of benzene rings is 3. The Labute approximate surface area is 223 Å². The van der Waals surface area contributed by atoms with Crippen molar-refractivity contribution >= 4 is 85.2 Å². The fraction of sp³-hybridized carbons (Fsp3) is 0.0833. The highest BCUT2D eigenvalue weighted by Gasteiger charge is 2.14. The number of fused-ring (bicyclic) bond motifs is 1. The number of nitriles is 1. The van der Waals surface area contributed by atoms with Gasteiger partial charge in [-0.2, -0.15) is 5.26 Å². The van der Waals surface area contributed by atoms with E-state index in [9.17, 15) is 5.26 Å². The normalized spacial score (nSPS) is 11.4. The maximum atomic E-state index is 9.69. The zero-order valence-electron chi connectivity index (χ0n) is 17.1. The number of aromatic nitrogens is 1. The van der Waals surface area contributed by atoms with E-state index in [4.69, 9.17) is 32.7 Å². The molecule has 0 spiro atoms. The lowest BCUT2D eigenvalue weighted by atomic mass is 10.2. The summed E-state index contributed by atoms with van der Waals surface area (Å²) in [7, 11) is 1.59. The number of para-hydroxylation sites is 1. The van der Waals surface area contributed by atoms with Crippen molar-refractivity contribution in [2.24, 2.45) is 0 Å². The number of rotatable bonds is 7. The molecule has 9 heteroatoms. The SMILES string of the molecule is COc1cc(/C=C(\C#N)Sc2nc3ccccc3s2)cc(I)c1OCc1ccc(Cl)cc1Cl. The molecule has 0 aliphatic rings. The Kier molecular flexibility index (Phi) is 8.04. The lowest BCUT2D eigenvalue weighted by Crippen LogP contribution is -2.01. The average Bonchev–Trinajstić information content (AvgIpc) is 3.21. The highest BCUT2D eigenvalue weighted by Crippen LogP contribution is 2.38. The number of halogens is 3. The molecular weight excluding hydrogens is 610 g/mol. The van der Waals surface area contributed by atoms with Gasteiger partial charge < -0.3 is 9.47 Å². The van der Waals surface area contributed by atoms with Gasteiger partial charge in [0.1, 0.15) is 12.7 Å². The molecule has 33 heavy (non-hydrogen) atoms. The molecule has 4 rings (SSSR count). The van der Waals surface area contributed by atoms with Crippen LogP contribution in [0.1, 0.15) is 11.1 Å². The molecule has 1 heterocycles. The van der Waals surface area contributed by atoms with Gasteiger partial charge in [-0.25, -0.2) is 4.98 Å². The minimum atomic E-state index is 0.272. The summed E-state index contributed by atoms with van der Waals surface area (Å²) in [5, 5.41) is 10.8. The van der Waals surface area contributed by atoms with Crippen LogP contribution in [0, 0.1) is 14.9 Å². The van der Waals surface area contributed by atoms with Gasteiger partial charge in [-0.3, -0.25) is 0 Å². The molecule has 0 amide bonds. The summed E-state index contributed by atoms with van der Waals surface area (Å²) in [6.07, 6.45) is 1.82. The second-order valence-electron chi connectivity index (χ2n) is 6.73. The van der Waals surface area contributed by atoms with Gasteiger partial charge in [-0.1, -0.05) is 41.4 Å². The van der Waals surface area contributed by atoms with Crippen molar-refractivity contribution in [3.8, 4) is 17.6 Å². The maximum Gasteiger partial charge on any atom is 0.174 e. The summed E-state index contributed by atoms with van der Waals surface area (Å²) in [4.78, 5) is 5.13. The van der Waals surface area contributed by atoms with Crippen LogP contribution in [0.25, 0.3) is 16.3 Å². The minimum Gasteiger partial charge on any atom is -0.493 e. The topological polar surface area (TPSA) is 55.1 Å². The third kappa shape index (κ3) is 5.94. The van der Waals surface area contributed by atoms with Gasteiger partial charge in [0.05, 0.1) is 25.8 Å². The van der Waals surface area contributed by atoms with Crippen molar-refractivity contribution in [1.29, 1.82) is 5.26 Å². The van der Waals surface area contributed by atoms with Crippen molar-refractivity contribution in [3.05, 3.63) is 84.2 Å². The van der Waals surface area contributed by atoms with Crippen LogP contribution < -0.4 is 9.47 Å². The zero-order valence-corrected chi connectivity index (χ0v) is 22.4. The number of ether oxygens (including phenoxy) is 2. The summed E-state index contributed by atoms with van der Waals surface area (Å²) in [6.45, 7) is 0.272. The molecule has 0 saturated heterocycles. The van der Waals surface area contributed by atoms with E-state index in [-0.39, 0.29) is 6.61 Å². The highest BCUT2D eigenvalue weighted by molar-refractivity contribution is 14.1. The van der Waals surface area contributed by atoms with E-state index in [2.05, 4.69) is 33.6 Å². The van der Waals surface area contributed by atoms with Gasteiger partial charge in [0, 0.05) is 15.6 Å². The zero-order chi connectivity index (χ0) is 23.4. The van der Waals surface area contributed by atoms with Gasteiger partial charge >= 0.3 is 0 Å². The van der Waals surface area contributed by atoms with E-state index < -0.39 is 0 Å². The first-order valence-corrected chi connectivity index (χ1v) is 13.0. The number of thiazole rings is 1. The van der Waals surface area contributed by atoms with Gasteiger partial charge in [0.25, 0.3) is 0 Å². The van der Waals surface area contributed by atoms with E-state index in [0.29, 0.717) is 26.4 Å². The number of thioether (sulfide) groups is 1. The molecule has 0 N–H and O–H groups in total. The fourth-order valence-corrected chi connectivity index (χ4v) is 6.20. The Morgan fingerprint density at radius 1 is 1.21 bits per heavy atom. The predicted molar refractivity (Wildman–Crippen MR) is 146 cm³/mol. The quantitative estimate of drug-likeness (QED) is 0.117. The highest BCUT2D eigenvalue weighted by atomic mass is 127. The van der Waals surface area contributed by atoms with Crippen LogP contribution in [0.4, 0.5) is 0 Å². The molecule has 4 aromatic rings. The number of nitrogens with zero attached hydrogens (tertiary/aromatic N) is 2. The van der Waals surface area contributed by atoms with Crippen LogP contribution in [0.2, 0.25) is 10.0 Å². The van der Waals surface area contributed by atoms with Crippen molar-refractivity contribution < 1.29 is 9.47 Å². The lowest BCUT2D eigenvalue weighted by molar-refractivity contribution is 0.282. The van der Waals surface area contributed by atoms with Crippen LogP contribution in [0.15, 0.2) is 63.8 Å². The van der Waals surface area contributed by atoms with Crippen molar-refractivity contribution in [3.63, 3.8) is 0 Å². The monoisotopic (exact) mass is 624 g/mol. The van der Waals surface area contributed by atoms with Crippen molar-refractivity contribution in [1.82, 2.24) is 4.98 Å². The van der Waals surface area contributed by atoms with Crippen molar-refractivity contribution in [2.75, 3.05) is 7.11 Å². The number of hydrogen-bond donors (Lipinski definition) is 0. The first kappa shape index (κ1) is 24.2. The summed E-state index contributed by atoms with van der Waals surface area (Å²) >= 11 is 17.3. The number of methoxy groups -OCH3 is 1. The van der Waals surface area contributed by atoms with Gasteiger partial charge in [-0.15, -0.1) is 11.3 Å². The molecular formula is C24H15Cl2IN2O2S2. The van der Waals surface area contributed by atoms with Crippen LogP contribution in [0.3, 0.4) is 0 Å². The van der Waals surface area contributed by atoms with E-state index in [1.807, 2.05) is 48.5 Å².